The maximum atomic E-state index is 12.1. The van der Waals surface area contributed by atoms with Crippen LogP contribution in [0.15, 0.2) is 25.3 Å². The molecule has 0 aromatic heterocycles. The van der Waals surface area contributed by atoms with Gasteiger partial charge in [0.15, 0.2) is 0 Å². The lowest BCUT2D eigenvalue weighted by molar-refractivity contribution is -0.146. The van der Waals surface area contributed by atoms with Crippen molar-refractivity contribution < 1.29 is 19.1 Å². The van der Waals surface area contributed by atoms with Gasteiger partial charge >= 0.3 is 12.1 Å². The van der Waals surface area contributed by atoms with E-state index in [1.807, 2.05) is 0 Å². The van der Waals surface area contributed by atoms with E-state index in [0.717, 1.165) is 12.8 Å². The van der Waals surface area contributed by atoms with E-state index in [9.17, 15) is 9.59 Å². The van der Waals surface area contributed by atoms with Crippen molar-refractivity contribution in [3.8, 4) is 0 Å². The first-order valence-electron chi connectivity index (χ1n) is 11.0. The molecule has 0 rings (SSSR count). The van der Waals surface area contributed by atoms with Gasteiger partial charge in [0.1, 0.15) is 12.6 Å². The summed E-state index contributed by atoms with van der Waals surface area (Å²) in [5.41, 5.74) is 0. The summed E-state index contributed by atoms with van der Waals surface area (Å²) in [6.07, 6.45) is 17.8. The van der Waals surface area contributed by atoms with Gasteiger partial charge in [-0.2, -0.15) is 0 Å². The highest BCUT2D eigenvalue weighted by atomic mass is 16.6. The van der Waals surface area contributed by atoms with Gasteiger partial charge < -0.3 is 14.8 Å². The predicted molar refractivity (Wildman–Crippen MR) is 115 cm³/mol. The van der Waals surface area contributed by atoms with Gasteiger partial charge in [-0.15, -0.1) is 6.58 Å². The van der Waals surface area contributed by atoms with Gasteiger partial charge in [0.05, 0.1) is 6.61 Å². The summed E-state index contributed by atoms with van der Waals surface area (Å²) >= 11 is 0. The molecule has 0 saturated heterocycles. The predicted octanol–water partition coefficient (Wildman–Crippen LogP) is 6.09. The number of unbranched alkanes of at least 4 members (excludes halogenated alkanes) is 11. The van der Waals surface area contributed by atoms with E-state index in [1.54, 1.807) is 6.08 Å². The molecule has 1 unspecified atom stereocenters. The molecule has 0 saturated carbocycles. The van der Waals surface area contributed by atoms with Gasteiger partial charge in [-0.3, -0.25) is 0 Å². The highest BCUT2D eigenvalue weighted by molar-refractivity contribution is 5.81. The Kier molecular flexibility index (Phi) is 18.7. The van der Waals surface area contributed by atoms with Gasteiger partial charge in [0.25, 0.3) is 0 Å². The summed E-state index contributed by atoms with van der Waals surface area (Å²) in [6, 6.07) is -0.757. The van der Waals surface area contributed by atoms with Crippen LogP contribution in [-0.2, 0) is 14.3 Å². The molecule has 5 heteroatoms. The van der Waals surface area contributed by atoms with Crippen molar-refractivity contribution in [3.05, 3.63) is 25.3 Å². The van der Waals surface area contributed by atoms with Crippen molar-refractivity contribution >= 4 is 12.1 Å². The second-order valence-electron chi connectivity index (χ2n) is 7.17. The maximum Gasteiger partial charge on any atom is 0.408 e. The Hall–Kier alpha value is -1.78. The van der Waals surface area contributed by atoms with Crippen LogP contribution in [0.3, 0.4) is 0 Å². The SMILES string of the molecule is C=CCOC(=O)NC(CC=C)C(=O)OCCCCCCCCCCCCCC. The first-order valence-corrected chi connectivity index (χ1v) is 11.0. The minimum atomic E-state index is -0.757. The first-order chi connectivity index (χ1) is 13.7. The van der Waals surface area contributed by atoms with Gasteiger partial charge in [0, 0.05) is 0 Å². The molecule has 0 bridgehead atoms. The zero-order chi connectivity index (χ0) is 20.9. The van der Waals surface area contributed by atoms with E-state index in [2.05, 4.69) is 25.4 Å². The molecule has 0 fully saturated rings. The molecule has 1 atom stereocenters. The summed E-state index contributed by atoms with van der Waals surface area (Å²) in [5.74, 6) is -0.446. The molecule has 162 valence electrons. The lowest BCUT2D eigenvalue weighted by atomic mass is 10.1. The monoisotopic (exact) mass is 395 g/mol. The number of amides is 1. The van der Waals surface area contributed by atoms with Crippen LogP contribution in [0.2, 0.25) is 0 Å². The van der Waals surface area contributed by atoms with Gasteiger partial charge in [-0.25, -0.2) is 9.59 Å². The molecule has 0 radical (unpaired) electrons. The van der Waals surface area contributed by atoms with Crippen LogP contribution in [0, 0.1) is 0 Å². The molecule has 0 spiro atoms. The van der Waals surface area contributed by atoms with Crippen LogP contribution in [-0.4, -0.2) is 31.3 Å². The summed E-state index contributed by atoms with van der Waals surface area (Å²) in [7, 11) is 0. The van der Waals surface area contributed by atoms with E-state index < -0.39 is 18.1 Å². The topological polar surface area (TPSA) is 64.6 Å². The van der Waals surface area contributed by atoms with Crippen molar-refractivity contribution in [2.75, 3.05) is 13.2 Å². The van der Waals surface area contributed by atoms with Crippen molar-refractivity contribution in [1.29, 1.82) is 0 Å². The smallest absolute Gasteiger partial charge is 0.408 e. The molecule has 5 nitrogen and oxygen atoms in total. The zero-order valence-electron chi connectivity index (χ0n) is 17.9. The van der Waals surface area contributed by atoms with Crippen molar-refractivity contribution in [3.63, 3.8) is 0 Å². The van der Waals surface area contributed by atoms with Crippen LogP contribution in [0.5, 0.6) is 0 Å². The lowest BCUT2D eigenvalue weighted by Crippen LogP contribution is -2.42. The van der Waals surface area contributed by atoms with Gasteiger partial charge in [0.2, 0.25) is 0 Å². The molecule has 1 amide bonds. The van der Waals surface area contributed by atoms with E-state index in [-0.39, 0.29) is 6.61 Å². The molecule has 0 aliphatic heterocycles. The zero-order valence-corrected chi connectivity index (χ0v) is 17.9. The Labute approximate surface area is 171 Å². The molecule has 0 aliphatic rings. The number of carbonyl (C=O) groups excluding carboxylic acids is 2. The quantitative estimate of drug-likeness (QED) is 0.163. The maximum absolute atomic E-state index is 12.1. The van der Waals surface area contributed by atoms with Crippen LogP contribution in [0.25, 0.3) is 0 Å². The molecule has 0 aromatic carbocycles. The normalized spacial score (nSPS) is 11.5. The minimum Gasteiger partial charge on any atom is -0.464 e. The third-order valence-electron chi connectivity index (χ3n) is 4.55. The second kappa shape index (κ2) is 20.0. The molecular weight excluding hydrogens is 354 g/mol. The van der Waals surface area contributed by atoms with Gasteiger partial charge in [-0.1, -0.05) is 96.3 Å². The fourth-order valence-electron chi connectivity index (χ4n) is 2.92. The molecule has 0 heterocycles. The fourth-order valence-corrected chi connectivity index (χ4v) is 2.92. The van der Waals surface area contributed by atoms with Crippen LogP contribution in [0.4, 0.5) is 4.79 Å². The fraction of sp³-hybridized carbons (Fsp3) is 0.739. The van der Waals surface area contributed by atoms with Crippen molar-refractivity contribution in [2.24, 2.45) is 0 Å². The number of ether oxygens (including phenoxy) is 2. The Morgan fingerprint density at radius 2 is 1.36 bits per heavy atom. The largest absolute Gasteiger partial charge is 0.464 e. The summed E-state index contributed by atoms with van der Waals surface area (Å²) in [5, 5.41) is 2.49. The minimum absolute atomic E-state index is 0.0978. The molecular formula is C23H41NO4. The second-order valence-corrected chi connectivity index (χ2v) is 7.17. The van der Waals surface area contributed by atoms with Crippen LogP contribution >= 0.6 is 0 Å². The van der Waals surface area contributed by atoms with Crippen molar-refractivity contribution in [1.82, 2.24) is 5.32 Å². The number of hydrogen-bond donors (Lipinski definition) is 1. The summed E-state index contributed by atoms with van der Waals surface area (Å²) in [4.78, 5) is 23.6. The van der Waals surface area contributed by atoms with Gasteiger partial charge in [-0.05, 0) is 12.8 Å². The molecule has 1 N–H and O–H groups in total. The Balaban J connectivity index is 3.65. The Bertz CT molecular complexity index is 423. The molecule has 0 aliphatic carbocycles. The third kappa shape index (κ3) is 16.4. The van der Waals surface area contributed by atoms with E-state index in [4.69, 9.17) is 9.47 Å². The molecule has 0 aromatic rings. The number of hydrogen-bond acceptors (Lipinski definition) is 4. The number of rotatable bonds is 19. The van der Waals surface area contributed by atoms with Crippen LogP contribution < -0.4 is 5.32 Å². The highest BCUT2D eigenvalue weighted by Gasteiger charge is 2.21. The average molecular weight is 396 g/mol. The van der Waals surface area contributed by atoms with Crippen molar-refractivity contribution in [2.45, 2.75) is 96.4 Å². The number of esters is 1. The number of alkyl carbamates (subject to hydrolysis) is 1. The van der Waals surface area contributed by atoms with E-state index in [0.29, 0.717) is 13.0 Å². The third-order valence-corrected chi connectivity index (χ3v) is 4.55. The van der Waals surface area contributed by atoms with E-state index in [1.165, 1.54) is 70.3 Å². The number of carbonyl (C=O) groups is 2. The van der Waals surface area contributed by atoms with E-state index >= 15 is 0 Å². The number of nitrogens with one attached hydrogen (secondary N) is 1. The highest BCUT2D eigenvalue weighted by Crippen LogP contribution is 2.12. The standard InChI is InChI=1S/C23H41NO4/c1-4-7-8-9-10-11-12-13-14-15-16-17-20-27-22(25)21(18-5-2)24-23(26)28-19-6-3/h5-6,21H,2-4,7-20H2,1H3,(H,24,26). The average Bonchev–Trinajstić information content (AvgIpc) is 2.69. The molecule has 28 heavy (non-hydrogen) atoms. The Morgan fingerprint density at radius 1 is 0.821 bits per heavy atom. The first kappa shape index (κ1) is 26.2. The van der Waals surface area contributed by atoms with Crippen LogP contribution in [0.1, 0.15) is 90.4 Å². The summed E-state index contributed by atoms with van der Waals surface area (Å²) in [6.45, 7) is 9.80. The summed E-state index contributed by atoms with van der Waals surface area (Å²) < 4.78 is 10.1. The Morgan fingerprint density at radius 3 is 1.86 bits per heavy atom. The lowest BCUT2D eigenvalue weighted by Gasteiger charge is -2.15.